The number of hydrogen-bond acceptors (Lipinski definition) is 3. The van der Waals surface area contributed by atoms with Gasteiger partial charge in [0.1, 0.15) is 4.90 Å². The third-order valence-electron chi connectivity index (χ3n) is 2.60. The molecule has 0 aliphatic carbocycles. The molecule has 0 bridgehead atoms. The first kappa shape index (κ1) is 16.7. The molecule has 1 aromatic rings. The van der Waals surface area contributed by atoms with Gasteiger partial charge in [-0.25, -0.2) is 17.5 Å². The van der Waals surface area contributed by atoms with Gasteiger partial charge in [0.05, 0.1) is 5.02 Å². The molecule has 0 aliphatic heterocycles. The van der Waals surface area contributed by atoms with Crippen LogP contribution in [0.15, 0.2) is 29.2 Å². The molecule has 0 unspecified atom stereocenters. The van der Waals surface area contributed by atoms with Crippen LogP contribution in [0.5, 0.6) is 0 Å². The Morgan fingerprint density at radius 1 is 1.45 bits per heavy atom. The van der Waals surface area contributed by atoms with Crippen LogP contribution in [0.25, 0.3) is 6.08 Å². The standard InChI is InChI=1S/C13H16ClNO4S/c1-3-8-15(2)20(18,19)12-6-4-10(9-11(12)14)5-7-13(16)17/h4-7,9H,3,8H2,1-2H3,(H,16,17). The van der Waals surface area contributed by atoms with Crippen molar-refractivity contribution in [2.45, 2.75) is 18.2 Å². The van der Waals surface area contributed by atoms with Gasteiger partial charge in [-0.3, -0.25) is 0 Å². The lowest BCUT2D eigenvalue weighted by molar-refractivity contribution is -0.131. The summed E-state index contributed by atoms with van der Waals surface area (Å²) in [6.45, 7) is 2.28. The SMILES string of the molecule is CCCN(C)S(=O)(=O)c1ccc(C=CC(=O)O)cc1Cl. The van der Waals surface area contributed by atoms with Gasteiger partial charge in [-0.1, -0.05) is 24.6 Å². The Morgan fingerprint density at radius 2 is 2.10 bits per heavy atom. The summed E-state index contributed by atoms with van der Waals surface area (Å²) in [6.07, 6.45) is 3.01. The fraction of sp³-hybridized carbons (Fsp3) is 0.308. The van der Waals surface area contributed by atoms with E-state index < -0.39 is 16.0 Å². The highest BCUT2D eigenvalue weighted by atomic mass is 35.5. The minimum atomic E-state index is -3.62. The molecule has 0 atom stereocenters. The number of carboxylic acid groups (broad SMARTS) is 1. The smallest absolute Gasteiger partial charge is 0.328 e. The van der Waals surface area contributed by atoms with Crippen LogP contribution in [0.3, 0.4) is 0 Å². The van der Waals surface area contributed by atoms with Crippen LogP contribution in [-0.2, 0) is 14.8 Å². The zero-order valence-corrected chi connectivity index (χ0v) is 12.8. The lowest BCUT2D eigenvalue weighted by Crippen LogP contribution is -2.27. The third-order valence-corrected chi connectivity index (χ3v) is 4.94. The minimum Gasteiger partial charge on any atom is -0.478 e. The summed E-state index contributed by atoms with van der Waals surface area (Å²) >= 11 is 5.99. The Hall–Kier alpha value is -1.37. The molecule has 1 aromatic carbocycles. The van der Waals surface area contributed by atoms with Gasteiger partial charge in [-0.05, 0) is 30.2 Å². The highest BCUT2D eigenvalue weighted by Crippen LogP contribution is 2.25. The molecule has 110 valence electrons. The molecule has 1 rings (SSSR count). The molecule has 0 aromatic heterocycles. The number of sulfonamides is 1. The number of hydrogen-bond donors (Lipinski definition) is 1. The van der Waals surface area contributed by atoms with Crippen molar-refractivity contribution >= 4 is 33.7 Å². The van der Waals surface area contributed by atoms with Crippen molar-refractivity contribution < 1.29 is 18.3 Å². The summed E-state index contributed by atoms with van der Waals surface area (Å²) in [4.78, 5) is 10.4. The second kappa shape index (κ2) is 6.88. The van der Waals surface area contributed by atoms with E-state index in [1.54, 1.807) is 0 Å². The fourth-order valence-corrected chi connectivity index (χ4v) is 3.39. The molecule has 0 spiro atoms. The van der Waals surface area contributed by atoms with Gasteiger partial charge in [-0.2, -0.15) is 0 Å². The van der Waals surface area contributed by atoms with Gasteiger partial charge in [0, 0.05) is 19.7 Å². The molecular formula is C13H16ClNO4S. The average Bonchev–Trinajstić information content (AvgIpc) is 2.36. The second-order valence-electron chi connectivity index (χ2n) is 4.19. The molecule has 1 N–H and O–H groups in total. The second-order valence-corrected chi connectivity index (χ2v) is 6.61. The molecule has 0 saturated carbocycles. The lowest BCUT2D eigenvalue weighted by Gasteiger charge is -2.17. The van der Waals surface area contributed by atoms with Crippen molar-refractivity contribution in [3.05, 3.63) is 34.9 Å². The summed E-state index contributed by atoms with van der Waals surface area (Å²) < 4.78 is 25.7. The van der Waals surface area contributed by atoms with Crippen LogP contribution in [0.1, 0.15) is 18.9 Å². The Morgan fingerprint density at radius 3 is 2.60 bits per heavy atom. The number of nitrogens with zero attached hydrogens (tertiary/aromatic N) is 1. The zero-order valence-electron chi connectivity index (χ0n) is 11.2. The largest absolute Gasteiger partial charge is 0.478 e. The number of carbonyl (C=O) groups is 1. The van der Waals surface area contributed by atoms with E-state index in [0.717, 1.165) is 6.08 Å². The summed E-state index contributed by atoms with van der Waals surface area (Å²) in [6, 6.07) is 4.32. The molecule has 20 heavy (non-hydrogen) atoms. The van der Waals surface area contributed by atoms with Crippen LogP contribution >= 0.6 is 11.6 Å². The van der Waals surface area contributed by atoms with Gasteiger partial charge in [0.15, 0.2) is 0 Å². The van der Waals surface area contributed by atoms with E-state index in [4.69, 9.17) is 16.7 Å². The van der Waals surface area contributed by atoms with E-state index in [-0.39, 0.29) is 9.92 Å². The highest BCUT2D eigenvalue weighted by Gasteiger charge is 2.22. The molecule has 0 amide bonds. The molecule has 5 nitrogen and oxygen atoms in total. The number of rotatable bonds is 6. The summed E-state index contributed by atoms with van der Waals surface area (Å²) in [7, 11) is -2.13. The molecule has 0 radical (unpaired) electrons. The van der Waals surface area contributed by atoms with Crippen LogP contribution in [0.2, 0.25) is 5.02 Å². The van der Waals surface area contributed by atoms with Crippen molar-refractivity contribution in [2.24, 2.45) is 0 Å². The van der Waals surface area contributed by atoms with E-state index in [1.807, 2.05) is 6.92 Å². The van der Waals surface area contributed by atoms with Crippen molar-refractivity contribution in [3.8, 4) is 0 Å². The van der Waals surface area contributed by atoms with E-state index in [9.17, 15) is 13.2 Å². The molecule has 0 heterocycles. The molecule has 0 saturated heterocycles. The lowest BCUT2D eigenvalue weighted by atomic mass is 10.2. The predicted molar refractivity (Wildman–Crippen MR) is 78.2 cm³/mol. The first-order valence-electron chi connectivity index (χ1n) is 5.96. The van der Waals surface area contributed by atoms with E-state index in [2.05, 4.69) is 0 Å². The van der Waals surface area contributed by atoms with Crippen LogP contribution in [0, 0.1) is 0 Å². The normalized spacial score (nSPS) is 12.2. The van der Waals surface area contributed by atoms with Crippen molar-refractivity contribution in [1.82, 2.24) is 4.31 Å². The maximum atomic E-state index is 12.2. The van der Waals surface area contributed by atoms with Gasteiger partial charge in [0.2, 0.25) is 10.0 Å². The van der Waals surface area contributed by atoms with Crippen LogP contribution in [0.4, 0.5) is 0 Å². The van der Waals surface area contributed by atoms with Crippen molar-refractivity contribution in [1.29, 1.82) is 0 Å². The highest BCUT2D eigenvalue weighted by molar-refractivity contribution is 7.89. The maximum absolute atomic E-state index is 12.2. The minimum absolute atomic E-state index is 0.0163. The van der Waals surface area contributed by atoms with Crippen LogP contribution in [-0.4, -0.2) is 37.4 Å². The average molecular weight is 318 g/mol. The Balaban J connectivity index is 3.13. The monoisotopic (exact) mass is 317 g/mol. The van der Waals surface area contributed by atoms with E-state index in [1.165, 1.54) is 35.6 Å². The van der Waals surface area contributed by atoms with Gasteiger partial charge < -0.3 is 5.11 Å². The molecule has 7 heteroatoms. The number of carboxylic acids is 1. The summed E-state index contributed by atoms with van der Waals surface area (Å²) in [5, 5.41) is 8.61. The number of benzene rings is 1. The predicted octanol–water partition coefficient (Wildman–Crippen LogP) is 2.47. The summed E-state index contributed by atoms with van der Waals surface area (Å²) in [5.74, 6) is -1.08. The Kier molecular flexibility index (Phi) is 5.74. The van der Waals surface area contributed by atoms with E-state index in [0.29, 0.717) is 18.5 Å². The molecule has 0 fully saturated rings. The first-order chi connectivity index (χ1) is 9.28. The van der Waals surface area contributed by atoms with Gasteiger partial charge in [0.25, 0.3) is 0 Å². The molecular weight excluding hydrogens is 302 g/mol. The topological polar surface area (TPSA) is 74.7 Å². The van der Waals surface area contributed by atoms with Crippen LogP contribution < -0.4 is 0 Å². The summed E-state index contributed by atoms with van der Waals surface area (Å²) in [5.41, 5.74) is 0.523. The van der Waals surface area contributed by atoms with Gasteiger partial charge >= 0.3 is 5.97 Å². The van der Waals surface area contributed by atoms with E-state index >= 15 is 0 Å². The van der Waals surface area contributed by atoms with Crippen molar-refractivity contribution in [3.63, 3.8) is 0 Å². The Bertz CT molecular complexity index is 625. The quantitative estimate of drug-likeness (QED) is 0.818. The molecule has 0 aliphatic rings. The fourth-order valence-electron chi connectivity index (χ4n) is 1.60. The first-order valence-corrected chi connectivity index (χ1v) is 7.77. The third kappa shape index (κ3) is 4.06. The maximum Gasteiger partial charge on any atom is 0.328 e. The Labute approximate surface area is 123 Å². The van der Waals surface area contributed by atoms with Gasteiger partial charge in [-0.15, -0.1) is 0 Å². The zero-order chi connectivity index (χ0) is 15.3. The number of halogens is 1. The number of aliphatic carboxylic acids is 1. The van der Waals surface area contributed by atoms with Crippen molar-refractivity contribution in [2.75, 3.05) is 13.6 Å².